The second-order valence-electron chi connectivity index (χ2n) is 11.6. The second-order valence-corrected chi connectivity index (χ2v) is 11.6. The third-order valence-electron chi connectivity index (χ3n) is 8.72. The number of hydrogen-bond acceptors (Lipinski definition) is 11. The van der Waals surface area contributed by atoms with Gasteiger partial charge in [0.15, 0.2) is 23.0 Å². The number of aliphatic hydroxyl groups is 2. The number of Topliss-reactive ketones (excluding diaryl/α,β-unsaturated/α-hetero) is 3. The first kappa shape index (κ1) is 30.4. The Bertz CT molecular complexity index is 1300. The van der Waals surface area contributed by atoms with Crippen LogP contribution in [0, 0.1) is 23.7 Å². The van der Waals surface area contributed by atoms with E-state index >= 15 is 0 Å². The van der Waals surface area contributed by atoms with Gasteiger partial charge in [0.05, 0.1) is 29.9 Å². The smallest absolute Gasteiger partial charge is 0.411 e. The van der Waals surface area contributed by atoms with Gasteiger partial charge in [-0.05, 0) is 50.9 Å². The van der Waals surface area contributed by atoms with E-state index in [1.54, 1.807) is 33.1 Å². The van der Waals surface area contributed by atoms with Crippen molar-refractivity contribution in [1.82, 2.24) is 4.90 Å². The molecule has 2 amide bonds. The van der Waals surface area contributed by atoms with Gasteiger partial charge in [-0.15, -0.1) is 0 Å². The number of hydrogen-bond donors (Lipinski definition) is 5. The molecule has 1 aromatic rings. The number of benzene rings is 1. The Morgan fingerprint density at radius 3 is 2.39 bits per heavy atom. The highest BCUT2D eigenvalue weighted by molar-refractivity contribution is 6.26. The molecule has 13 nitrogen and oxygen atoms in total. The third kappa shape index (κ3) is 4.75. The standard InChI is InChI=1S/C28H38N4O9/c1-6-7-8-41-27(39)30-15-11-16(31(2)3)13-9-12-10-14-20(32(4)5)23(35)19(26(29)38)25(37)28(14,40)24(36)17(12)22(34)18(13)21(15)33/h11-12,14,17,19-20,23,33,35,40H,6-10H2,1-5H3,(H2,29,38)(H,30,39)/t12-,14-,17?,19?,20-,23?,28-/m1/s1. The molecule has 4 rings (SSSR count). The number of carbonyl (C=O) groups is 5. The van der Waals surface area contributed by atoms with Gasteiger partial charge in [0.2, 0.25) is 5.91 Å². The van der Waals surface area contributed by atoms with E-state index < -0.39 is 76.5 Å². The molecule has 224 valence electrons. The van der Waals surface area contributed by atoms with E-state index in [2.05, 4.69) is 5.32 Å². The van der Waals surface area contributed by atoms with Crippen molar-refractivity contribution in [2.45, 2.75) is 50.4 Å². The number of likely N-dealkylation sites (N-methyl/N-ethyl adjacent to an activating group) is 1. The Morgan fingerprint density at radius 1 is 1.17 bits per heavy atom. The van der Waals surface area contributed by atoms with Crippen molar-refractivity contribution < 1.29 is 44.0 Å². The first-order valence-electron chi connectivity index (χ1n) is 13.7. The second kappa shape index (κ2) is 11.0. The number of ketones is 3. The van der Waals surface area contributed by atoms with Crippen LogP contribution >= 0.6 is 0 Å². The highest BCUT2D eigenvalue weighted by Crippen LogP contribution is 2.53. The number of carbonyl (C=O) groups excluding carboxylic acids is 5. The number of anilines is 2. The van der Waals surface area contributed by atoms with Crippen LogP contribution in [0.2, 0.25) is 0 Å². The number of phenolic OH excluding ortho intramolecular Hbond substituents is 1. The Balaban J connectivity index is 1.81. The zero-order chi connectivity index (χ0) is 30.5. The molecule has 6 N–H and O–H groups in total. The molecular weight excluding hydrogens is 536 g/mol. The van der Waals surface area contributed by atoms with E-state index in [0.717, 1.165) is 6.42 Å². The molecule has 7 atom stereocenters. The molecule has 0 radical (unpaired) electrons. The zero-order valence-corrected chi connectivity index (χ0v) is 23.8. The largest absolute Gasteiger partial charge is 0.505 e. The van der Waals surface area contributed by atoms with Gasteiger partial charge in [-0.2, -0.15) is 0 Å². The number of amides is 2. The predicted octanol–water partition coefficient (Wildman–Crippen LogP) is 0.0734. The van der Waals surface area contributed by atoms with E-state index in [1.807, 2.05) is 6.92 Å². The average Bonchev–Trinajstić information content (AvgIpc) is 2.87. The molecule has 0 aliphatic heterocycles. The number of fused-ring (bicyclic) bond motifs is 3. The lowest BCUT2D eigenvalue weighted by Crippen LogP contribution is -2.75. The summed E-state index contributed by atoms with van der Waals surface area (Å²) in [6, 6.07) is 0.529. The van der Waals surface area contributed by atoms with Gasteiger partial charge in [-0.25, -0.2) is 4.79 Å². The maximum atomic E-state index is 14.0. The predicted molar refractivity (Wildman–Crippen MR) is 147 cm³/mol. The molecule has 0 bridgehead atoms. The lowest BCUT2D eigenvalue weighted by atomic mass is 9.52. The maximum Gasteiger partial charge on any atom is 0.411 e. The van der Waals surface area contributed by atoms with E-state index in [-0.39, 0.29) is 30.7 Å². The van der Waals surface area contributed by atoms with Crippen LogP contribution < -0.4 is 16.0 Å². The topological polar surface area (TPSA) is 200 Å². The van der Waals surface area contributed by atoms with Crippen molar-refractivity contribution in [3.63, 3.8) is 0 Å². The number of nitrogens with zero attached hydrogens (tertiary/aromatic N) is 2. The molecule has 2 saturated carbocycles. The van der Waals surface area contributed by atoms with Crippen LogP contribution in [0.25, 0.3) is 0 Å². The van der Waals surface area contributed by atoms with Crippen LogP contribution in [0.1, 0.15) is 42.1 Å². The SMILES string of the molecule is CCCCOC(=O)Nc1cc(N(C)C)c2c(c1O)C(=O)C1C(=O)[C@@]3(O)C(=O)C(C(N)=O)C(O)[C@H](N(C)C)[C@H]3C[C@H]1C2. The summed E-state index contributed by atoms with van der Waals surface area (Å²) in [5.74, 6) is -10.0. The fourth-order valence-corrected chi connectivity index (χ4v) is 6.82. The van der Waals surface area contributed by atoms with Gasteiger partial charge in [0.25, 0.3) is 0 Å². The van der Waals surface area contributed by atoms with E-state index in [0.29, 0.717) is 17.7 Å². The number of aromatic hydroxyl groups is 1. The van der Waals surface area contributed by atoms with Gasteiger partial charge in [0.1, 0.15) is 11.7 Å². The van der Waals surface area contributed by atoms with E-state index in [4.69, 9.17) is 10.5 Å². The minimum absolute atomic E-state index is 0.00655. The Morgan fingerprint density at radius 2 is 1.83 bits per heavy atom. The van der Waals surface area contributed by atoms with Crippen molar-refractivity contribution in [1.29, 1.82) is 0 Å². The van der Waals surface area contributed by atoms with Crippen molar-refractivity contribution in [2.75, 3.05) is 45.0 Å². The van der Waals surface area contributed by atoms with Crippen LogP contribution in [0.4, 0.5) is 16.2 Å². The third-order valence-corrected chi connectivity index (χ3v) is 8.72. The Labute approximate surface area is 237 Å². The van der Waals surface area contributed by atoms with Crippen molar-refractivity contribution in [2.24, 2.45) is 29.4 Å². The van der Waals surface area contributed by atoms with Gasteiger partial charge in [0, 0.05) is 31.7 Å². The summed E-state index contributed by atoms with van der Waals surface area (Å²) in [5.41, 5.74) is 3.32. The molecule has 0 spiro atoms. The molecule has 0 heterocycles. The molecule has 3 unspecified atom stereocenters. The minimum atomic E-state index is -2.75. The molecule has 0 aromatic heterocycles. The van der Waals surface area contributed by atoms with Gasteiger partial charge in [-0.3, -0.25) is 24.5 Å². The summed E-state index contributed by atoms with van der Waals surface area (Å²) >= 11 is 0. The monoisotopic (exact) mass is 574 g/mol. The van der Waals surface area contributed by atoms with Crippen molar-refractivity contribution in [3.05, 3.63) is 17.2 Å². The number of phenols is 1. The van der Waals surface area contributed by atoms with Gasteiger partial charge in [-0.1, -0.05) is 13.3 Å². The van der Waals surface area contributed by atoms with Crippen LogP contribution in [-0.2, 0) is 25.5 Å². The molecule has 2 fully saturated rings. The number of rotatable bonds is 7. The highest BCUT2D eigenvalue weighted by atomic mass is 16.5. The number of nitrogens with one attached hydrogen (secondary N) is 1. The quantitative estimate of drug-likeness (QED) is 0.168. The number of aliphatic hydroxyl groups excluding tert-OH is 1. The van der Waals surface area contributed by atoms with Crippen LogP contribution in [-0.4, -0.2) is 102 Å². The van der Waals surface area contributed by atoms with Crippen LogP contribution in [0.3, 0.4) is 0 Å². The molecule has 3 aliphatic rings. The van der Waals surface area contributed by atoms with E-state index in [9.17, 15) is 39.3 Å². The molecule has 0 saturated heterocycles. The molecule has 41 heavy (non-hydrogen) atoms. The highest BCUT2D eigenvalue weighted by Gasteiger charge is 2.69. The van der Waals surface area contributed by atoms with Crippen LogP contribution in [0.15, 0.2) is 6.07 Å². The first-order valence-corrected chi connectivity index (χ1v) is 13.7. The average molecular weight is 575 g/mol. The zero-order valence-electron chi connectivity index (χ0n) is 23.8. The number of unbranched alkanes of at least 4 members (excludes halogenated alkanes) is 1. The fraction of sp³-hybridized carbons (Fsp3) is 0.607. The lowest BCUT2D eigenvalue weighted by Gasteiger charge is -2.55. The maximum absolute atomic E-state index is 14.0. The summed E-state index contributed by atoms with van der Waals surface area (Å²) in [6.45, 7) is 2.09. The van der Waals surface area contributed by atoms with Gasteiger partial charge >= 0.3 is 6.09 Å². The van der Waals surface area contributed by atoms with Crippen molar-refractivity contribution >= 4 is 40.7 Å². The Kier molecular flexibility index (Phi) is 8.18. The Hall–Kier alpha value is -3.55. The summed E-state index contributed by atoms with van der Waals surface area (Å²) in [5, 5.41) is 36.3. The normalized spacial score (nSPS) is 30.8. The summed E-state index contributed by atoms with van der Waals surface area (Å²) in [7, 11) is 6.62. The van der Waals surface area contributed by atoms with Gasteiger partial charge < -0.3 is 35.6 Å². The van der Waals surface area contributed by atoms with Crippen LogP contribution in [0.5, 0.6) is 5.75 Å². The molecular formula is C28H38N4O9. The molecule has 13 heteroatoms. The first-order chi connectivity index (χ1) is 19.2. The lowest BCUT2D eigenvalue weighted by molar-refractivity contribution is -0.190. The number of nitrogens with two attached hydrogens (primary N) is 1. The molecule has 1 aromatic carbocycles. The summed E-state index contributed by atoms with van der Waals surface area (Å²) < 4.78 is 5.12. The minimum Gasteiger partial charge on any atom is -0.505 e. The number of ether oxygens (including phenoxy) is 1. The molecule has 3 aliphatic carbocycles. The fourth-order valence-electron chi connectivity index (χ4n) is 6.82. The van der Waals surface area contributed by atoms with E-state index in [1.165, 1.54) is 11.0 Å². The number of primary amides is 1. The summed E-state index contributed by atoms with van der Waals surface area (Å²) in [4.78, 5) is 69.2. The summed E-state index contributed by atoms with van der Waals surface area (Å²) in [6.07, 6.45) is -0.812. The van der Waals surface area contributed by atoms with Crippen molar-refractivity contribution in [3.8, 4) is 5.75 Å².